The summed E-state index contributed by atoms with van der Waals surface area (Å²) in [7, 11) is 2.10. The number of anilines is 1. The maximum Gasteiger partial charge on any atom is 0.256 e. The van der Waals surface area contributed by atoms with Crippen LogP contribution in [0.3, 0.4) is 0 Å². The van der Waals surface area contributed by atoms with Crippen molar-refractivity contribution in [1.29, 1.82) is 0 Å². The van der Waals surface area contributed by atoms with E-state index < -0.39 is 17.2 Å². The Morgan fingerprint density at radius 2 is 1.90 bits per heavy atom. The SMILES string of the molecule is CN1CCCC1CCNC(=O)c1cn2c3c(c(N4CCOCC4)c(F)cc3c1=O)Oc1c-2ccc2ccccc12. The average Bonchev–Trinajstić information content (AvgIpc) is 3.38. The van der Waals surface area contributed by atoms with Gasteiger partial charge in [-0.15, -0.1) is 0 Å². The Kier molecular flexibility index (Phi) is 6.20. The summed E-state index contributed by atoms with van der Waals surface area (Å²) in [4.78, 5) is 31.3. The van der Waals surface area contributed by atoms with E-state index in [9.17, 15) is 9.59 Å². The van der Waals surface area contributed by atoms with Crippen molar-refractivity contribution >= 4 is 33.3 Å². The fourth-order valence-electron chi connectivity index (χ4n) is 6.37. The van der Waals surface area contributed by atoms with Crippen molar-refractivity contribution in [3.63, 3.8) is 0 Å². The number of nitrogens with zero attached hydrogens (tertiary/aromatic N) is 3. The van der Waals surface area contributed by atoms with Crippen molar-refractivity contribution in [3.8, 4) is 17.2 Å². The molecular formula is C31H31FN4O4. The number of likely N-dealkylation sites (tertiary alicyclic amines) is 1. The van der Waals surface area contributed by atoms with E-state index in [1.807, 2.05) is 45.9 Å². The summed E-state index contributed by atoms with van der Waals surface area (Å²) < 4.78 is 29.8. The lowest BCUT2D eigenvalue weighted by molar-refractivity contribution is 0.0949. The molecule has 2 fully saturated rings. The number of hydrogen-bond acceptors (Lipinski definition) is 6. The smallest absolute Gasteiger partial charge is 0.256 e. The van der Waals surface area contributed by atoms with Crippen LogP contribution in [0.2, 0.25) is 0 Å². The molecule has 4 heterocycles. The van der Waals surface area contributed by atoms with Gasteiger partial charge in [0.05, 0.1) is 24.3 Å². The zero-order valence-corrected chi connectivity index (χ0v) is 22.4. The van der Waals surface area contributed by atoms with Gasteiger partial charge in [0.15, 0.2) is 17.3 Å². The van der Waals surface area contributed by atoms with Crippen molar-refractivity contribution in [2.24, 2.45) is 0 Å². The molecule has 1 aromatic heterocycles. The first-order valence-corrected chi connectivity index (χ1v) is 13.9. The van der Waals surface area contributed by atoms with Crippen molar-refractivity contribution in [2.45, 2.75) is 25.3 Å². The van der Waals surface area contributed by atoms with Crippen molar-refractivity contribution < 1.29 is 18.7 Å². The predicted molar refractivity (Wildman–Crippen MR) is 153 cm³/mol. The lowest BCUT2D eigenvalue weighted by Crippen LogP contribution is -2.37. The minimum atomic E-state index is -0.557. The first-order chi connectivity index (χ1) is 19.5. The van der Waals surface area contributed by atoms with E-state index >= 15 is 4.39 Å². The third-order valence-corrected chi connectivity index (χ3v) is 8.50. The van der Waals surface area contributed by atoms with Crippen LogP contribution in [-0.4, -0.2) is 67.9 Å². The van der Waals surface area contributed by atoms with Crippen LogP contribution in [0.15, 0.2) is 53.5 Å². The second kappa shape index (κ2) is 9.91. The van der Waals surface area contributed by atoms with E-state index in [2.05, 4.69) is 17.3 Å². The highest BCUT2D eigenvalue weighted by Crippen LogP contribution is 2.48. The molecular weight excluding hydrogens is 511 g/mol. The fraction of sp³-hybridized carbons (Fsp3) is 0.355. The van der Waals surface area contributed by atoms with E-state index in [1.54, 1.807) is 6.20 Å². The number of pyridine rings is 1. The molecule has 7 rings (SSSR count). The minimum absolute atomic E-state index is 0.0160. The van der Waals surface area contributed by atoms with E-state index in [4.69, 9.17) is 9.47 Å². The van der Waals surface area contributed by atoms with Crippen molar-refractivity contribution in [1.82, 2.24) is 14.8 Å². The molecule has 1 N–H and O–H groups in total. The monoisotopic (exact) mass is 542 g/mol. The highest BCUT2D eigenvalue weighted by molar-refractivity contribution is 6.03. The lowest BCUT2D eigenvalue weighted by Gasteiger charge is -2.33. The second-order valence-electron chi connectivity index (χ2n) is 10.8. The molecule has 0 saturated carbocycles. The van der Waals surface area contributed by atoms with E-state index in [-0.39, 0.29) is 16.7 Å². The number of morpholine rings is 1. The molecule has 0 radical (unpaired) electrons. The zero-order valence-electron chi connectivity index (χ0n) is 22.4. The number of hydrogen-bond donors (Lipinski definition) is 1. The highest BCUT2D eigenvalue weighted by atomic mass is 19.1. The molecule has 206 valence electrons. The van der Waals surface area contributed by atoms with Crippen LogP contribution in [0.5, 0.6) is 11.5 Å². The van der Waals surface area contributed by atoms with Crippen LogP contribution in [-0.2, 0) is 4.74 Å². The summed E-state index contributed by atoms with van der Waals surface area (Å²) in [6.07, 6.45) is 4.66. The second-order valence-corrected chi connectivity index (χ2v) is 10.8. The molecule has 0 aliphatic carbocycles. The Bertz CT molecular complexity index is 1710. The van der Waals surface area contributed by atoms with Crippen LogP contribution in [0.1, 0.15) is 29.6 Å². The number of carbonyl (C=O) groups excluding carboxylic acids is 1. The Morgan fingerprint density at radius 1 is 1.07 bits per heavy atom. The molecule has 0 bridgehead atoms. The van der Waals surface area contributed by atoms with Gasteiger partial charge < -0.3 is 29.2 Å². The largest absolute Gasteiger partial charge is 0.450 e. The van der Waals surface area contributed by atoms with Crippen molar-refractivity contribution in [3.05, 3.63) is 70.3 Å². The molecule has 9 heteroatoms. The van der Waals surface area contributed by atoms with E-state index in [0.717, 1.165) is 36.6 Å². The van der Waals surface area contributed by atoms with Crippen LogP contribution in [0.4, 0.5) is 10.1 Å². The topological polar surface area (TPSA) is 76.0 Å². The molecule has 1 amide bonds. The van der Waals surface area contributed by atoms with Gasteiger partial charge in [-0.05, 0) is 50.4 Å². The molecule has 40 heavy (non-hydrogen) atoms. The molecule has 3 aromatic carbocycles. The summed E-state index contributed by atoms with van der Waals surface area (Å²) in [5.74, 6) is -0.164. The van der Waals surface area contributed by atoms with E-state index in [0.29, 0.717) is 61.5 Å². The van der Waals surface area contributed by atoms with Gasteiger partial charge in [-0.25, -0.2) is 4.39 Å². The molecule has 8 nitrogen and oxygen atoms in total. The molecule has 1 unspecified atom stereocenters. The zero-order chi connectivity index (χ0) is 27.4. The summed E-state index contributed by atoms with van der Waals surface area (Å²) in [5.41, 5.74) is 0.929. The van der Waals surface area contributed by atoms with Crippen LogP contribution in [0.25, 0.3) is 27.4 Å². The number of nitrogens with one attached hydrogen (secondary N) is 1. The number of halogens is 1. The number of amides is 1. The molecule has 3 aliphatic rings. The van der Waals surface area contributed by atoms with Gasteiger partial charge in [0.2, 0.25) is 5.43 Å². The van der Waals surface area contributed by atoms with Gasteiger partial charge in [-0.2, -0.15) is 0 Å². The van der Waals surface area contributed by atoms with Gasteiger partial charge in [0.25, 0.3) is 5.91 Å². The van der Waals surface area contributed by atoms with Gasteiger partial charge in [-0.1, -0.05) is 30.3 Å². The third kappa shape index (κ3) is 4.03. The molecule has 4 aromatic rings. The summed E-state index contributed by atoms with van der Waals surface area (Å²) in [5, 5.41) is 4.89. The molecule has 3 aliphatic heterocycles. The minimum Gasteiger partial charge on any atom is -0.450 e. The molecule has 1 atom stereocenters. The Morgan fingerprint density at radius 3 is 2.70 bits per heavy atom. The first-order valence-electron chi connectivity index (χ1n) is 13.9. The van der Waals surface area contributed by atoms with Gasteiger partial charge in [0.1, 0.15) is 16.8 Å². The quantitative estimate of drug-likeness (QED) is 0.354. The summed E-state index contributed by atoms with van der Waals surface area (Å²) >= 11 is 0. The van der Waals surface area contributed by atoms with Crippen LogP contribution < -0.4 is 20.4 Å². The Labute approximate surface area is 230 Å². The predicted octanol–water partition coefficient (Wildman–Crippen LogP) is 4.44. The van der Waals surface area contributed by atoms with Gasteiger partial charge in [0, 0.05) is 37.3 Å². The summed E-state index contributed by atoms with van der Waals surface area (Å²) in [6, 6.07) is 13.4. The Hall–Kier alpha value is -3.95. The standard InChI is InChI=1S/C31H31FN4O4/c1-34-12-4-6-20(34)10-11-33-31(38)23-18-36-25-9-8-19-5-2-3-7-21(19)29(25)40-30-26(36)22(28(23)37)17-24(32)27(30)35-13-15-39-16-14-35/h2-3,5,7-9,17-18,20H,4,6,10-16H2,1H3,(H,33,38). The number of aromatic nitrogens is 1. The van der Waals surface area contributed by atoms with Crippen molar-refractivity contribution in [2.75, 3.05) is 51.3 Å². The maximum absolute atomic E-state index is 15.9. The number of carbonyl (C=O) groups is 1. The van der Waals surface area contributed by atoms with Crippen LogP contribution >= 0.6 is 0 Å². The Balaban J connectivity index is 1.38. The third-order valence-electron chi connectivity index (χ3n) is 8.50. The van der Waals surface area contributed by atoms with E-state index in [1.165, 1.54) is 6.07 Å². The lowest BCUT2D eigenvalue weighted by atomic mass is 10.0. The van der Waals surface area contributed by atoms with Gasteiger partial charge >= 0.3 is 0 Å². The number of benzene rings is 3. The normalized spacial score (nSPS) is 18.6. The number of ether oxygens (including phenoxy) is 2. The number of rotatable bonds is 5. The molecule has 2 saturated heterocycles. The fourth-order valence-corrected chi connectivity index (χ4v) is 6.37. The maximum atomic E-state index is 15.9. The summed E-state index contributed by atoms with van der Waals surface area (Å²) in [6.45, 7) is 3.47. The average molecular weight is 543 g/mol. The highest BCUT2D eigenvalue weighted by Gasteiger charge is 2.32. The molecule has 0 spiro atoms. The number of fused-ring (bicyclic) bond motifs is 4. The first kappa shape index (κ1) is 25.0. The van der Waals surface area contributed by atoms with Gasteiger partial charge in [-0.3, -0.25) is 9.59 Å². The van der Waals surface area contributed by atoms with Crippen LogP contribution in [0, 0.1) is 5.82 Å².